The van der Waals surface area contributed by atoms with Gasteiger partial charge in [0.15, 0.2) is 0 Å². The topological polar surface area (TPSA) is 83.4 Å². The van der Waals surface area contributed by atoms with E-state index in [0.717, 1.165) is 27.6 Å². The predicted molar refractivity (Wildman–Crippen MR) is 124 cm³/mol. The Balaban J connectivity index is 1.81. The van der Waals surface area contributed by atoms with E-state index in [9.17, 15) is 13.0 Å². The van der Waals surface area contributed by atoms with Crippen LogP contribution in [0.15, 0.2) is 70.7 Å². The van der Waals surface area contributed by atoms with E-state index in [2.05, 4.69) is 52.1 Å². The van der Waals surface area contributed by atoms with E-state index in [4.69, 9.17) is 0 Å². The van der Waals surface area contributed by atoms with Crippen molar-refractivity contribution in [2.75, 3.05) is 4.90 Å². The first-order valence-electron chi connectivity index (χ1n) is 10.3. The molecule has 31 heavy (non-hydrogen) atoms. The van der Waals surface area contributed by atoms with Gasteiger partial charge in [0.05, 0.1) is 11.4 Å². The minimum Gasteiger partial charge on any atom is -0.336 e. The Morgan fingerprint density at radius 3 is 2.39 bits per heavy atom. The van der Waals surface area contributed by atoms with Gasteiger partial charge in [-0.3, -0.25) is 4.55 Å². The molecule has 0 saturated carbocycles. The second kappa shape index (κ2) is 8.98. The van der Waals surface area contributed by atoms with Crippen LogP contribution in [0.4, 0.5) is 11.4 Å². The second-order valence-electron chi connectivity index (χ2n) is 7.50. The molecule has 2 heterocycles. The summed E-state index contributed by atoms with van der Waals surface area (Å²) >= 11 is 1.72. The average Bonchev–Trinajstić information content (AvgIpc) is 2.78. The Morgan fingerprint density at radius 2 is 1.71 bits per heavy atom. The zero-order valence-electron chi connectivity index (χ0n) is 17.5. The Hall–Kier alpha value is -2.42. The summed E-state index contributed by atoms with van der Waals surface area (Å²) < 4.78 is 34.6. The molecule has 0 spiro atoms. The molecule has 162 valence electrons. The van der Waals surface area contributed by atoms with Crippen LogP contribution >= 0.6 is 11.8 Å². The fraction of sp³-hybridized carbons (Fsp3) is 0.304. The monoisotopic (exact) mass is 455 g/mol. The van der Waals surface area contributed by atoms with Gasteiger partial charge >= 0.3 is 0 Å². The van der Waals surface area contributed by atoms with Crippen LogP contribution in [0.25, 0.3) is 0 Å². The minimum atomic E-state index is -4.39. The summed E-state index contributed by atoms with van der Waals surface area (Å²) in [5, 5.41) is -1.20. The molecule has 3 aromatic rings. The van der Waals surface area contributed by atoms with E-state index < -0.39 is 15.4 Å². The van der Waals surface area contributed by atoms with Gasteiger partial charge in [-0.05, 0) is 55.2 Å². The van der Waals surface area contributed by atoms with Crippen molar-refractivity contribution in [2.45, 2.75) is 54.2 Å². The molecule has 0 radical (unpaired) electrons. The Bertz CT molecular complexity index is 1170. The van der Waals surface area contributed by atoms with Crippen LogP contribution in [-0.4, -0.2) is 29.0 Å². The van der Waals surface area contributed by atoms with E-state index >= 15 is 0 Å². The van der Waals surface area contributed by atoms with Gasteiger partial charge in [-0.1, -0.05) is 43.8 Å². The standard InChI is InChI=1S/C23H25N3O3S2/c1-3-16-10-11-21-19(14-16)26(18-8-5-6-9-20(18)30-21)17(4-2)15-22(31(27,28)29)23-24-12-7-13-25-23/h5-14,17,22H,3-4,15H2,1-2H3,(H,27,28,29). The van der Waals surface area contributed by atoms with E-state index in [1.807, 2.05) is 19.1 Å². The molecule has 1 aliphatic heterocycles. The first-order chi connectivity index (χ1) is 14.9. The van der Waals surface area contributed by atoms with Crippen molar-refractivity contribution >= 4 is 33.3 Å². The molecule has 2 unspecified atom stereocenters. The Labute approximate surface area is 187 Å². The van der Waals surface area contributed by atoms with Gasteiger partial charge in [-0.25, -0.2) is 9.97 Å². The van der Waals surface area contributed by atoms with E-state index in [1.165, 1.54) is 18.0 Å². The molecule has 2 atom stereocenters. The molecular formula is C23H25N3O3S2. The third kappa shape index (κ3) is 4.46. The van der Waals surface area contributed by atoms with E-state index in [0.29, 0.717) is 6.42 Å². The smallest absolute Gasteiger partial charge is 0.275 e. The number of hydrogen-bond donors (Lipinski definition) is 1. The average molecular weight is 456 g/mol. The fourth-order valence-electron chi connectivity index (χ4n) is 3.98. The number of para-hydroxylation sites is 1. The van der Waals surface area contributed by atoms with Gasteiger partial charge < -0.3 is 4.90 Å². The molecule has 4 rings (SSSR count). The highest BCUT2D eigenvalue weighted by atomic mass is 32.2. The zero-order chi connectivity index (χ0) is 22.0. The number of nitrogens with zero attached hydrogens (tertiary/aromatic N) is 3. The Morgan fingerprint density at radius 1 is 1.00 bits per heavy atom. The molecular weight excluding hydrogens is 430 g/mol. The molecule has 0 aliphatic carbocycles. The lowest BCUT2D eigenvalue weighted by molar-refractivity contribution is 0.446. The van der Waals surface area contributed by atoms with Crippen LogP contribution in [0.3, 0.4) is 0 Å². The summed E-state index contributed by atoms with van der Waals surface area (Å²) in [6.07, 6.45) is 4.77. The van der Waals surface area contributed by atoms with Crippen LogP contribution in [0.2, 0.25) is 0 Å². The molecule has 1 aliphatic rings. The number of benzene rings is 2. The SMILES string of the molecule is CCc1ccc2c(c1)N(C(CC)CC(c1ncccn1)S(=O)(=O)O)c1ccccc1S2. The van der Waals surface area contributed by atoms with Gasteiger partial charge in [-0.2, -0.15) is 8.42 Å². The number of rotatable bonds is 7. The number of fused-ring (bicyclic) bond motifs is 2. The summed E-state index contributed by atoms with van der Waals surface area (Å²) in [5.41, 5.74) is 3.33. The van der Waals surface area contributed by atoms with Gasteiger partial charge in [-0.15, -0.1) is 0 Å². The zero-order valence-corrected chi connectivity index (χ0v) is 19.1. The molecule has 0 bridgehead atoms. The number of hydrogen-bond acceptors (Lipinski definition) is 6. The van der Waals surface area contributed by atoms with Crippen LogP contribution < -0.4 is 4.90 Å². The lowest BCUT2D eigenvalue weighted by Crippen LogP contribution is -2.35. The highest BCUT2D eigenvalue weighted by Gasteiger charge is 2.35. The van der Waals surface area contributed by atoms with Gasteiger partial charge in [0, 0.05) is 28.2 Å². The molecule has 1 N–H and O–H groups in total. The Kier molecular flexibility index (Phi) is 6.31. The van der Waals surface area contributed by atoms with E-state index in [1.54, 1.807) is 17.8 Å². The first-order valence-corrected chi connectivity index (χ1v) is 12.7. The third-order valence-corrected chi connectivity index (χ3v) is 7.84. The molecule has 6 nitrogen and oxygen atoms in total. The quantitative estimate of drug-likeness (QED) is 0.475. The summed E-state index contributed by atoms with van der Waals surface area (Å²) in [6, 6.07) is 16.1. The van der Waals surface area contributed by atoms with Crippen molar-refractivity contribution in [3.63, 3.8) is 0 Å². The maximum atomic E-state index is 12.3. The summed E-state index contributed by atoms with van der Waals surface area (Å²) in [6.45, 7) is 4.15. The minimum absolute atomic E-state index is 0.116. The van der Waals surface area contributed by atoms with Crippen molar-refractivity contribution in [1.82, 2.24) is 9.97 Å². The van der Waals surface area contributed by atoms with Gasteiger partial charge in [0.2, 0.25) is 0 Å². The van der Waals surface area contributed by atoms with Crippen molar-refractivity contribution < 1.29 is 13.0 Å². The highest BCUT2D eigenvalue weighted by molar-refractivity contribution is 7.99. The fourth-order valence-corrected chi connectivity index (χ4v) is 5.89. The normalized spacial score (nSPS) is 15.1. The predicted octanol–water partition coefficient (Wildman–Crippen LogP) is 5.44. The van der Waals surface area contributed by atoms with Crippen LogP contribution in [-0.2, 0) is 16.5 Å². The maximum Gasteiger partial charge on any atom is 0.275 e. The summed E-state index contributed by atoms with van der Waals surface area (Å²) in [4.78, 5) is 12.7. The second-order valence-corrected chi connectivity index (χ2v) is 10.2. The molecule has 0 fully saturated rings. The molecule has 0 amide bonds. The molecule has 0 saturated heterocycles. The summed E-state index contributed by atoms with van der Waals surface area (Å²) in [5.74, 6) is 0.116. The van der Waals surface area contributed by atoms with Crippen molar-refractivity contribution in [3.05, 3.63) is 72.3 Å². The third-order valence-electron chi connectivity index (χ3n) is 5.59. The number of aromatic nitrogens is 2. The summed E-state index contributed by atoms with van der Waals surface area (Å²) in [7, 11) is -4.39. The lowest BCUT2D eigenvalue weighted by Gasteiger charge is -2.39. The van der Waals surface area contributed by atoms with Crippen LogP contribution in [0.5, 0.6) is 0 Å². The van der Waals surface area contributed by atoms with Crippen LogP contribution in [0, 0.1) is 0 Å². The van der Waals surface area contributed by atoms with Crippen molar-refractivity contribution in [3.8, 4) is 0 Å². The van der Waals surface area contributed by atoms with Gasteiger partial charge in [0.1, 0.15) is 11.1 Å². The first kappa shape index (κ1) is 21.8. The number of anilines is 2. The van der Waals surface area contributed by atoms with Crippen LogP contribution in [0.1, 0.15) is 43.3 Å². The largest absolute Gasteiger partial charge is 0.336 e. The lowest BCUT2D eigenvalue weighted by atomic mass is 10.0. The number of aryl methyl sites for hydroxylation is 1. The highest BCUT2D eigenvalue weighted by Crippen LogP contribution is 2.50. The molecule has 1 aromatic heterocycles. The van der Waals surface area contributed by atoms with Gasteiger partial charge in [0.25, 0.3) is 10.1 Å². The van der Waals surface area contributed by atoms with E-state index in [-0.39, 0.29) is 18.3 Å². The molecule has 8 heteroatoms. The van der Waals surface area contributed by atoms with Crippen molar-refractivity contribution in [2.24, 2.45) is 0 Å². The van der Waals surface area contributed by atoms with Crippen molar-refractivity contribution in [1.29, 1.82) is 0 Å². The molecule has 2 aromatic carbocycles. The maximum absolute atomic E-state index is 12.3.